The molecule has 0 unspecified atom stereocenters. The number of para-hydroxylation sites is 1. The van der Waals surface area contributed by atoms with Crippen molar-refractivity contribution in [1.29, 1.82) is 0 Å². The number of amides is 1. The Morgan fingerprint density at radius 2 is 1.96 bits per heavy atom. The third-order valence-electron chi connectivity index (χ3n) is 3.96. The van der Waals surface area contributed by atoms with Crippen molar-refractivity contribution in [1.82, 2.24) is 9.78 Å². The van der Waals surface area contributed by atoms with Crippen molar-refractivity contribution in [3.05, 3.63) is 46.8 Å². The number of aryl methyl sites for hydroxylation is 2. The molecule has 0 saturated heterocycles. The molecule has 1 aromatic heterocycles. The number of nitrogens with zero attached hydrogens (tertiary/aromatic N) is 2. The van der Waals surface area contributed by atoms with E-state index in [0.29, 0.717) is 30.7 Å². The van der Waals surface area contributed by atoms with Gasteiger partial charge in [0.25, 0.3) is 0 Å². The van der Waals surface area contributed by atoms with Crippen molar-refractivity contribution >= 4 is 17.6 Å². The molecule has 0 saturated carbocycles. The molecule has 1 N–H and O–H groups in total. The predicted octanol–water partition coefficient (Wildman–Crippen LogP) is 2.78. The highest BCUT2D eigenvalue weighted by Crippen LogP contribution is 2.18. The van der Waals surface area contributed by atoms with E-state index in [1.165, 1.54) is 0 Å². The molecule has 2 aromatic rings. The van der Waals surface area contributed by atoms with Crippen molar-refractivity contribution in [2.75, 3.05) is 11.9 Å². The molecule has 2 rings (SSSR count). The van der Waals surface area contributed by atoms with Crippen LogP contribution < -0.4 is 5.32 Å². The van der Waals surface area contributed by atoms with Crippen molar-refractivity contribution in [2.45, 2.75) is 33.6 Å². The van der Waals surface area contributed by atoms with Gasteiger partial charge in [0.2, 0.25) is 5.91 Å². The van der Waals surface area contributed by atoms with Gasteiger partial charge in [-0.2, -0.15) is 5.10 Å². The molecule has 1 aromatic carbocycles. The average molecular weight is 329 g/mol. The summed E-state index contributed by atoms with van der Waals surface area (Å²) in [5, 5.41) is 7.15. The standard InChI is InChI=1S/C18H23N3O3/c1-5-24-18(23)15-8-6-7-9-16(15)19-17(22)11-10-14-12(2)20-21(4)13(14)3/h6-9H,5,10-11H2,1-4H3,(H,19,22). The second kappa shape index (κ2) is 7.77. The van der Waals surface area contributed by atoms with E-state index in [0.717, 1.165) is 17.0 Å². The highest BCUT2D eigenvalue weighted by Gasteiger charge is 2.15. The lowest BCUT2D eigenvalue weighted by atomic mass is 10.1. The third kappa shape index (κ3) is 4.01. The summed E-state index contributed by atoms with van der Waals surface area (Å²) in [6.07, 6.45) is 0.934. The van der Waals surface area contributed by atoms with Gasteiger partial charge in [0.05, 0.1) is 23.6 Å². The number of hydrogen-bond acceptors (Lipinski definition) is 4. The van der Waals surface area contributed by atoms with Crippen LogP contribution in [0.1, 0.15) is 40.7 Å². The van der Waals surface area contributed by atoms with Gasteiger partial charge in [-0.15, -0.1) is 0 Å². The molecule has 1 heterocycles. The number of anilines is 1. The van der Waals surface area contributed by atoms with E-state index < -0.39 is 5.97 Å². The second-order valence-electron chi connectivity index (χ2n) is 5.59. The molecule has 0 aliphatic carbocycles. The number of benzene rings is 1. The minimum absolute atomic E-state index is 0.144. The number of nitrogens with one attached hydrogen (secondary N) is 1. The molecular weight excluding hydrogens is 306 g/mol. The molecule has 6 nitrogen and oxygen atoms in total. The van der Waals surface area contributed by atoms with Crippen LogP contribution in [0, 0.1) is 13.8 Å². The Morgan fingerprint density at radius 3 is 2.58 bits per heavy atom. The van der Waals surface area contributed by atoms with E-state index >= 15 is 0 Å². The third-order valence-corrected chi connectivity index (χ3v) is 3.96. The van der Waals surface area contributed by atoms with Gasteiger partial charge >= 0.3 is 5.97 Å². The van der Waals surface area contributed by atoms with Gasteiger partial charge < -0.3 is 10.1 Å². The fraction of sp³-hybridized carbons (Fsp3) is 0.389. The zero-order valence-corrected chi connectivity index (χ0v) is 14.5. The summed E-state index contributed by atoms with van der Waals surface area (Å²) < 4.78 is 6.83. The number of carbonyl (C=O) groups excluding carboxylic acids is 2. The monoisotopic (exact) mass is 329 g/mol. The fourth-order valence-electron chi connectivity index (χ4n) is 2.61. The predicted molar refractivity (Wildman–Crippen MR) is 92.0 cm³/mol. The Balaban J connectivity index is 2.04. The Bertz CT molecular complexity index is 750. The number of carbonyl (C=O) groups is 2. The van der Waals surface area contributed by atoms with Gasteiger partial charge in [-0.3, -0.25) is 9.48 Å². The number of ether oxygens (including phenoxy) is 1. The van der Waals surface area contributed by atoms with Gasteiger partial charge in [0.1, 0.15) is 0 Å². The van der Waals surface area contributed by atoms with Crippen molar-refractivity contribution in [3.8, 4) is 0 Å². The van der Waals surface area contributed by atoms with Gasteiger partial charge in [-0.05, 0) is 44.9 Å². The van der Waals surface area contributed by atoms with Crippen LogP contribution >= 0.6 is 0 Å². The van der Waals surface area contributed by atoms with Crippen LogP contribution in [0.4, 0.5) is 5.69 Å². The molecule has 0 aliphatic heterocycles. The Hall–Kier alpha value is -2.63. The van der Waals surface area contributed by atoms with Crippen LogP contribution in [0.2, 0.25) is 0 Å². The lowest BCUT2D eigenvalue weighted by Gasteiger charge is -2.10. The first kappa shape index (κ1) is 17.7. The smallest absolute Gasteiger partial charge is 0.340 e. The zero-order valence-electron chi connectivity index (χ0n) is 14.5. The molecule has 24 heavy (non-hydrogen) atoms. The number of aromatic nitrogens is 2. The number of rotatable bonds is 6. The van der Waals surface area contributed by atoms with E-state index in [-0.39, 0.29) is 5.91 Å². The number of esters is 1. The first-order chi connectivity index (χ1) is 11.4. The minimum atomic E-state index is -0.438. The van der Waals surface area contributed by atoms with Crippen molar-refractivity contribution in [2.24, 2.45) is 7.05 Å². The summed E-state index contributed by atoms with van der Waals surface area (Å²) in [7, 11) is 1.89. The molecule has 0 spiro atoms. The highest BCUT2D eigenvalue weighted by molar-refractivity contribution is 6.01. The molecule has 0 radical (unpaired) electrons. The highest BCUT2D eigenvalue weighted by atomic mass is 16.5. The maximum Gasteiger partial charge on any atom is 0.340 e. The van der Waals surface area contributed by atoms with Gasteiger partial charge in [0.15, 0.2) is 0 Å². The van der Waals surface area contributed by atoms with Crippen LogP contribution in [0.5, 0.6) is 0 Å². The van der Waals surface area contributed by atoms with Crippen LogP contribution in [-0.4, -0.2) is 28.3 Å². The van der Waals surface area contributed by atoms with Crippen LogP contribution in [-0.2, 0) is 23.0 Å². The molecule has 1 amide bonds. The van der Waals surface area contributed by atoms with Crippen molar-refractivity contribution in [3.63, 3.8) is 0 Å². The summed E-state index contributed by atoms with van der Waals surface area (Å²) in [5.41, 5.74) is 3.93. The molecular formula is C18H23N3O3. The zero-order chi connectivity index (χ0) is 17.7. The topological polar surface area (TPSA) is 73.2 Å². The molecule has 0 bridgehead atoms. The normalized spacial score (nSPS) is 10.5. The maximum atomic E-state index is 12.3. The van der Waals surface area contributed by atoms with Crippen molar-refractivity contribution < 1.29 is 14.3 Å². The Kier molecular flexibility index (Phi) is 5.73. The average Bonchev–Trinajstić information content (AvgIpc) is 2.79. The largest absolute Gasteiger partial charge is 0.462 e. The maximum absolute atomic E-state index is 12.3. The molecule has 6 heteroatoms. The van der Waals surface area contributed by atoms with E-state index in [9.17, 15) is 9.59 Å². The Morgan fingerprint density at radius 1 is 1.25 bits per heavy atom. The second-order valence-corrected chi connectivity index (χ2v) is 5.59. The minimum Gasteiger partial charge on any atom is -0.462 e. The Labute approximate surface area is 141 Å². The first-order valence-corrected chi connectivity index (χ1v) is 7.99. The van der Waals surface area contributed by atoms with E-state index in [1.54, 1.807) is 31.2 Å². The van der Waals surface area contributed by atoms with Gasteiger partial charge in [-0.25, -0.2) is 4.79 Å². The summed E-state index contributed by atoms with van der Waals surface area (Å²) in [6.45, 7) is 5.97. The molecule has 0 atom stereocenters. The fourth-order valence-corrected chi connectivity index (χ4v) is 2.61. The SMILES string of the molecule is CCOC(=O)c1ccccc1NC(=O)CCc1c(C)nn(C)c1C. The molecule has 0 aliphatic rings. The lowest BCUT2D eigenvalue weighted by molar-refractivity contribution is -0.116. The van der Waals surface area contributed by atoms with Gasteiger partial charge in [-0.1, -0.05) is 12.1 Å². The quantitative estimate of drug-likeness (QED) is 0.827. The summed E-state index contributed by atoms with van der Waals surface area (Å²) in [6, 6.07) is 6.85. The molecule has 0 fully saturated rings. The summed E-state index contributed by atoms with van der Waals surface area (Å²) in [5.74, 6) is -0.582. The first-order valence-electron chi connectivity index (χ1n) is 7.99. The van der Waals surface area contributed by atoms with Crippen LogP contribution in [0.25, 0.3) is 0 Å². The van der Waals surface area contributed by atoms with Crippen LogP contribution in [0.15, 0.2) is 24.3 Å². The van der Waals surface area contributed by atoms with Crippen LogP contribution in [0.3, 0.4) is 0 Å². The van der Waals surface area contributed by atoms with E-state index in [1.807, 2.05) is 25.6 Å². The lowest BCUT2D eigenvalue weighted by Crippen LogP contribution is -2.16. The summed E-state index contributed by atoms with van der Waals surface area (Å²) in [4.78, 5) is 24.2. The summed E-state index contributed by atoms with van der Waals surface area (Å²) >= 11 is 0. The number of hydrogen-bond donors (Lipinski definition) is 1. The van der Waals surface area contributed by atoms with E-state index in [2.05, 4.69) is 10.4 Å². The van der Waals surface area contributed by atoms with E-state index in [4.69, 9.17) is 4.74 Å². The molecule has 128 valence electrons. The van der Waals surface area contributed by atoms with Gasteiger partial charge in [0, 0.05) is 19.2 Å².